The molecule has 4 rings (SSSR count). The highest BCUT2D eigenvalue weighted by Crippen LogP contribution is 2.31. The molecular formula is C39H47N3O8. The van der Waals surface area contributed by atoms with Crippen molar-refractivity contribution in [2.45, 2.75) is 79.0 Å². The number of aliphatic hydroxyl groups excluding tert-OH is 2. The summed E-state index contributed by atoms with van der Waals surface area (Å²) in [4.78, 5) is 26.1. The van der Waals surface area contributed by atoms with Crippen molar-refractivity contribution in [2.24, 2.45) is 0 Å². The van der Waals surface area contributed by atoms with Crippen LogP contribution in [0, 0.1) is 27.7 Å². The van der Waals surface area contributed by atoms with Gasteiger partial charge in [-0.2, -0.15) is 0 Å². The molecule has 1 aromatic heterocycles. The van der Waals surface area contributed by atoms with Gasteiger partial charge in [0.2, 0.25) is 5.88 Å². The van der Waals surface area contributed by atoms with Crippen LogP contribution in [0.4, 0.5) is 0 Å². The number of hydrogen-bond donors (Lipinski definition) is 6. The average Bonchev–Trinajstić information content (AvgIpc) is 3.05. The first-order valence-corrected chi connectivity index (χ1v) is 16.6. The molecule has 4 aromatic rings. The molecule has 0 aliphatic rings. The fraction of sp³-hybridized carbons (Fsp3) is 0.359. The Bertz CT molecular complexity index is 1650. The molecule has 6 N–H and O–H groups in total. The lowest BCUT2D eigenvalue weighted by molar-refractivity contribution is -0.140. The maximum atomic E-state index is 10.8. The van der Waals surface area contributed by atoms with Crippen molar-refractivity contribution in [1.29, 1.82) is 0 Å². The predicted octanol–water partition coefficient (Wildman–Crippen LogP) is 4.99. The van der Waals surface area contributed by atoms with Gasteiger partial charge in [-0.3, -0.25) is 9.59 Å². The third-order valence-electron chi connectivity index (χ3n) is 8.65. The fourth-order valence-electron chi connectivity index (χ4n) is 5.66. The standard InChI is InChI=1S/C39H47N3O8/c1-24-15-34(13-11-28(24)18-40-20-32(43)16-38(45)46)49-22-30-7-5-9-35(25(30)2)36-10-6-8-31(26(36)3)23-50-37-14-12-29(27(4)42-37)19-41-21-33(44)17-39(47)48/h5-15,32-33,40-41,43-44H,16-23H2,1-4H3,(H,45,46)(H,47,48)/t32-,33-/m0/s1. The summed E-state index contributed by atoms with van der Waals surface area (Å²) in [7, 11) is 0. The lowest BCUT2D eigenvalue weighted by atomic mass is 9.92. The van der Waals surface area contributed by atoms with Crippen molar-refractivity contribution in [3.8, 4) is 22.8 Å². The maximum absolute atomic E-state index is 10.8. The summed E-state index contributed by atoms with van der Waals surface area (Å²) < 4.78 is 12.3. The number of aromatic nitrogens is 1. The predicted molar refractivity (Wildman–Crippen MR) is 190 cm³/mol. The number of pyridine rings is 1. The molecular weight excluding hydrogens is 638 g/mol. The van der Waals surface area contributed by atoms with Gasteiger partial charge < -0.3 is 40.5 Å². The Labute approximate surface area is 292 Å². The molecule has 3 aromatic carbocycles. The van der Waals surface area contributed by atoms with Gasteiger partial charge in [-0.05, 0) is 89.9 Å². The third-order valence-corrected chi connectivity index (χ3v) is 8.65. The molecule has 50 heavy (non-hydrogen) atoms. The van der Waals surface area contributed by atoms with Crippen LogP contribution in [-0.2, 0) is 35.9 Å². The van der Waals surface area contributed by atoms with Crippen LogP contribution >= 0.6 is 0 Å². The maximum Gasteiger partial charge on any atom is 0.306 e. The van der Waals surface area contributed by atoms with Crippen molar-refractivity contribution in [2.75, 3.05) is 13.1 Å². The molecule has 0 saturated carbocycles. The molecule has 2 atom stereocenters. The van der Waals surface area contributed by atoms with E-state index in [0.29, 0.717) is 32.2 Å². The van der Waals surface area contributed by atoms with E-state index in [1.165, 1.54) is 0 Å². The van der Waals surface area contributed by atoms with Gasteiger partial charge >= 0.3 is 11.9 Å². The highest BCUT2D eigenvalue weighted by atomic mass is 16.5. The zero-order chi connectivity index (χ0) is 36.2. The number of carbonyl (C=O) groups is 2. The number of benzene rings is 3. The van der Waals surface area contributed by atoms with Crippen LogP contribution < -0.4 is 20.1 Å². The molecule has 0 spiro atoms. The van der Waals surface area contributed by atoms with Crippen LogP contribution in [0.5, 0.6) is 11.6 Å². The SMILES string of the molecule is Cc1cc(OCc2cccc(-c3cccc(COc4ccc(CNC[C@@H](O)CC(=O)O)c(C)n4)c3C)c2C)ccc1CNC[C@@H](O)CC(=O)O. The fourth-order valence-corrected chi connectivity index (χ4v) is 5.66. The summed E-state index contributed by atoms with van der Waals surface area (Å²) in [5, 5.41) is 43.3. The van der Waals surface area contributed by atoms with Gasteiger partial charge in [0.05, 0.1) is 25.0 Å². The normalized spacial score (nSPS) is 12.4. The van der Waals surface area contributed by atoms with Gasteiger partial charge in [0, 0.05) is 37.9 Å². The van der Waals surface area contributed by atoms with Crippen LogP contribution in [0.2, 0.25) is 0 Å². The number of hydrogen-bond acceptors (Lipinski definition) is 9. The van der Waals surface area contributed by atoms with Crippen molar-refractivity contribution in [1.82, 2.24) is 15.6 Å². The van der Waals surface area contributed by atoms with Crippen LogP contribution in [0.1, 0.15) is 57.5 Å². The van der Waals surface area contributed by atoms with E-state index in [9.17, 15) is 19.8 Å². The molecule has 0 bridgehead atoms. The van der Waals surface area contributed by atoms with Gasteiger partial charge in [-0.1, -0.05) is 48.5 Å². The second-order valence-electron chi connectivity index (χ2n) is 12.5. The number of rotatable bonds is 19. The minimum absolute atomic E-state index is 0.176. The molecule has 11 heteroatoms. The van der Waals surface area contributed by atoms with Crippen molar-refractivity contribution in [3.05, 3.63) is 111 Å². The lowest BCUT2D eigenvalue weighted by Crippen LogP contribution is -2.28. The molecule has 1 heterocycles. The van der Waals surface area contributed by atoms with Gasteiger partial charge in [0.15, 0.2) is 0 Å². The van der Waals surface area contributed by atoms with E-state index < -0.39 is 24.1 Å². The second kappa shape index (κ2) is 18.3. The molecule has 0 fully saturated rings. The Balaban J connectivity index is 1.35. The summed E-state index contributed by atoms with van der Waals surface area (Å²) >= 11 is 0. The van der Waals surface area contributed by atoms with Crippen molar-refractivity contribution >= 4 is 11.9 Å². The summed E-state index contributed by atoms with van der Waals surface area (Å²) in [6.07, 6.45) is -2.48. The molecule has 0 radical (unpaired) electrons. The number of ether oxygens (including phenoxy) is 2. The van der Waals surface area contributed by atoms with E-state index in [0.717, 1.165) is 61.5 Å². The molecule has 11 nitrogen and oxygen atoms in total. The Morgan fingerprint density at radius 1 is 0.680 bits per heavy atom. The molecule has 0 amide bonds. The molecule has 0 aliphatic heterocycles. The van der Waals surface area contributed by atoms with Crippen molar-refractivity contribution < 1.29 is 39.5 Å². The minimum Gasteiger partial charge on any atom is -0.489 e. The molecule has 266 valence electrons. The monoisotopic (exact) mass is 685 g/mol. The largest absolute Gasteiger partial charge is 0.489 e. The Morgan fingerprint density at radius 3 is 1.72 bits per heavy atom. The Morgan fingerprint density at radius 2 is 1.20 bits per heavy atom. The number of carboxylic acid groups (broad SMARTS) is 2. The third kappa shape index (κ3) is 11.1. The lowest BCUT2D eigenvalue weighted by Gasteiger charge is -2.17. The number of aliphatic hydroxyl groups is 2. The summed E-state index contributed by atoms with van der Waals surface area (Å²) in [6.45, 7) is 10.2. The number of nitrogens with one attached hydrogen (secondary N) is 2. The number of carboxylic acids is 2. The summed E-state index contributed by atoms with van der Waals surface area (Å²) in [5.74, 6) is -0.807. The smallest absolute Gasteiger partial charge is 0.306 e. The molecule has 0 unspecified atom stereocenters. The van der Waals surface area contributed by atoms with E-state index in [2.05, 4.69) is 53.7 Å². The summed E-state index contributed by atoms with van der Waals surface area (Å²) in [6, 6.07) is 22.0. The topological polar surface area (TPSA) is 170 Å². The van der Waals surface area contributed by atoms with E-state index in [4.69, 9.17) is 19.7 Å². The highest BCUT2D eigenvalue weighted by Gasteiger charge is 2.14. The zero-order valence-corrected chi connectivity index (χ0v) is 29.0. The van der Waals surface area contributed by atoms with Crippen LogP contribution in [-0.4, -0.2) is 62.6 Å². The quantitative estimate of drug-likeness (QED) is 0.0786. The first-order chi connectivity index (χ1) is 23.9. The first kappa shape index (κ1) is 38.0. The van der Waals surface area contributed by atoms with Gasteiger partial charge in [-0.15, -0.1) is 0 Å². The highest BCUT2D eigenvalue weighted by molar-refractivity contribution is 5.72. The van der Waals surface area contributed by atoms with Crippen LogP contribution in [0.3, 0.4) is 0 Å². The minimum atomic E-state index is -1.04. The van der Waals surface area contributed by atoms with Gasteiger partial charge in [0.1, 0.15) is 19.0 Å². The van der Waals surface area contributed by atoms with E-state index in [1.54, 1.807) is 0 Å². The van der Waals surface area contributed by atoms with E-state index in [-0.39, 0.29) is 25.9 Å². The number of nitrogens with zero attached hydrogens (tertiary/aromatic N) is 1. The van der Waals surface area contributed by atoms with Gasteiger partial charge in [0.25, 0.3) is 0 Å². The summed E-state index contributed by atoms with van der Waals surface area (Å²) in [5.41, 5.74) is 10.4. The number of aliphatic carboxylic acids is 2. The van der Waals surface area contributed by atoms with Gasteiger partial charge in [-0.25, -0.2) is 4.98 Å². The molecule has 0 aliphatic carbocycles. The van der Waals surface area contributed by atoms with E-state index >= 15 is 0 Å². The Hall–Kier alpha value is -4.81. The number of aryl methyl sites for hydroxylation is 2. The van der Waals surface area contributed by atoms with E-state index in [1.807, 2.05) is 56.3 Å². The molecule has 0 saturated heterocycles. The first-order valence-electron chi connectivity index (χ1n) is 16.6. The average molecular weight is 686 g/mol. The van der Waals surface area contributed by atoms with Crippen LogP contribution in [0.25, 0.3) is 11.1 Å². The second-order valence-corrected chi connectivity index (χ2v) is 12.5. The zero-order valence-electron chi connectivity index (χ0n) is 29.0. The Kier molecular flexibility index (Phi) is 13.9. The van der Waals surface area contributed by atoms with Crippen molar-refractivity contribution in [3.63, 3.8) is 0 Å². The van der Waals surface area contributed by atoms with Crippen LogP contribution in [0.15, 0.2) is 66.7 Å².